The van der Waals surface area contributed by atoms with E-state index in [9.17, 15) is 13.2 Å². The second-order valence-electron chi connectivity index (χ2n) is 5.13. The van der Waals surface area contributed by atoms with Crippen molar-refractivity contribution in [3.8, 4) is 0 Å². The molecule has 2 aromatic carbocycles. The number of anilines is 1. The van der Waals surface area contributed by atoms with Crippen molar-refractivity contribution in [2.24, 2.45) is 7.05 Å². The summed E-state index contributed by atoms with van der Waals surface area (Å²) in [5.41, 5.74) is 1.94. The first-order chi connectivity index (χ1) is 10.8. The van der Waals surface area contributed by atoms with Crippen molar-refractivity contribution in [1.29, 1.82) is 0 Å². The van der Waals surface area contributed by atoms with E-state index in [-0.39, 0.29) is 10.5 Å². The number of hydrogen-bond acceptors (Lipinski definition) is 4. The SMILES string of the molecule is Cc1ccc(NS(=O)(=O)c2ccc3c(c2)oc(=O)n3C)cc1Cl. The summed E-state index contributed by atoms with van der Waals surface area (Å²) in [6.07, 6.45) is 0. The van der Waals surface area contributed by atoms with Gasteiger partial charge >= 0.3 is 5.76 Å². The van der Waals surface area contributed by atoms with Crippen molar-refractivity contribution in [2.75, 3.05) is 4.72 Å². The van der Waals surface area contributed by atoms with Gasteiger partial charge in [-0.15, -0.1) is 0 Å². The van der Waals surface area contributed by atoms with Crippen LogP contribution in [0.15, 0.2) is 50.5 Å². The Bertz CT molecular complexity index is 1070. The number of nitrogens with one attached hydrogen (secondary N) is 1. The lowest BCUT2D eigenvalue weighted by molar-refractivity contribution is 0.527. The maximum Gasteiger partial charge on any atom is 0.419 e. The van der Waals surface area contributed by atoms with Crippen molar-refractivity contribution in [3.63, 3.8) is 0 Å². The summed E-state index contributed by atoms with van der Waals surface area (Å²) in [6.45, 7) is 1.83. The van der Waals surface area contributed by atoms with Crippen molar-refractivity contribution in [3.05, 3.63) is 57.5 Å². The van der Waals surface area contributed by atoms with E-state index < -0.39 is 15.8 Å². The monoisotopic (exact) mass is 352 g/mol. The number of hydrogen-bond donors (Lipinski definition) is 1. The number of aryl methyl sites for hydroxylation is 2. The van der Waals surface area contributed by atoms with E-state index in [1.165, 1.54) is 28.8 Å². The van der Waals surface area contributed by atoms with Gasteiger partial charge in [-0.3, -0.25) is 9.29 Å². The standard InChI is InChI=1S/C15H13ClN2O4S/c1-9-3-4-10(7-12(9)16)17-23(20,21)11-5-6-13-14(8-11)22-15(19)18(13)2/h3-8,17H,1-2H3. The lowest BCUT2D eigenvalue weighted by Gasteiger charge is -2.09. The van der Waals surface area contributed by atoms with Crippen molar-refractivity contribution in [2.45, 2.75) is 11.8 Å². The summed E-state index contributed by atoms with van der Waals surface area (Å²) in [7, 11) is -2.27. The molecule has 0 saturated heterocycles. The van der Waals surface area contributed by atoms with Gasteiger partial charge < -0.3 is 4.42 Å². The molecule has 0 aliphatic heterocycles. The lowest BCUT2D eigenvalue weighted by atomic mass is 10.2. The Morgan fingerprint density at radius 1 is 1.17 bits per heavy atom. The zero-order chi connectivity index (χ0) is 16.8. The zero-order valence-electron chi connectivity index (χ0n) is 12.3. The summed E-state index contributed by atoms with van der Waals surface area (Å²) < 4.78 is 33.7. The van der Waals surface area contributed by atoms with Crippen LogP contribution in [-0.2, 0) is 17.1 Å². The van der Waals surface area contributed by atoms with Crippen LogP contribution in [0.4, 0.5) is 5.69 Å². The highest BCUT2D eigenvalue weighted by Gasteiger charge is 2.17. The molecule has 1 heterocycles. The predicted molar refractivity (Wildman–Crippen MR) is 88.5 cm³/mol. The Morgan fingerprint density at radius 2 is 1.91 bits per heavy atom. The molecule has 23 heavy (non-hydrogen) atoms. The van der Waals surface area contributed by atoms with E-state index >= 15 is 0 Å². The number of rotatable bonds is 3. The highest BCUT2D eigenvalue weighted by molar-refractivity contribution is 7.92. The molecule has 0 fully saturated rings. The molecule has 0 aliphatic rings. The predicted octanol–water partition coefficient (Wildman–Crippen LogP) is 2.89. The molecule has 0 bridgehead atoms. The van der Waals surface area contributed by atoms with Crippen LogP contribution >= 0.6 is 11.6 Å². The van der Waals surface area contributed by atoms with Gasteiger partial charge in [0.05, 0.1) is 16.1 Å². The van der Waals surface area contributed by atoms with Crippen molar-refractivity contribution >= 4 is 38.4 Å². The lowest BCUT2D eigenvalue weighted by Crippen LogP contribution is -2.13. The maximum atomic E-state index is 12.5. The Balaban J connectivity index is 2.01. The average Bonchev–Trinajstić information content (AvgIpc) is 2.77. The molecule has 0 unspecified atom stereocenters. The number of sulfonamides is 1. The van der Waals surface area contributed by atoms with Crippen molar-refractivity contribution < 1.29 is 12.8 Å². The van der Waals surface area contributed by atoms with Gasteiger partial charge in [0.15, 0.2) is 5.58 Å². The molecule has 1 N–H and O–H groups in total. The largest absolute Gasteiger partial charge is 0.419 e. The molecule has 0 amide bonds. The fourth-order valence-electron chi connectivity index (χ4n) is 2.15. The van der Waals surface area contributed by atoms with Gasteiger partial charge in [-0.1, -0.05) is 17.7 Å². The fraction of sp³-hybridized carbons (Fsp3) is 0.133. The highest BCUT2D eigenvalue weighted by atomic mass is 35.5. The number of halogens is 1. The molecular formula is C15H13ClN2O4S. The van der Waals surface area contributed by atoms with Gasteiger partial charge in [0, 0.05) is 18.1 Å². The quantitative estimate of drug-likeness (QED) is 0.785. The minimum Gasteiger partial charge on any atom is -0.408 e. The van der Waals surface area contributed by atoms with Gasteiger partial charge in [0.2, 0.25) is 0 Å². The van der Waals surface area contributed by atoms with Crippen molar-refractivity contribution in [1.82, 2.24) is 4.57 Å². The summed E-state index contributed by atoms with van der Waals surface area (Å²) in [5.74, 6) is -0.548. The second kappa shape index (κ2) is 5.43. The van der Waals surface area contributed by atoms with Crippen LogP contribution in [0.1, 0.15) is 5.56 Å². The fourth-order valence-corrected chi connectivity index (χ4v) is 3.40. The first kappa shape index (κ1) is 15.6. The molecule has 1 aromatic heterocycles. The number of fused-ring (bicyclic) bond motifs is 1. The van der Waals surface area contributed by atoms with Crippen LogP contribution < -0.4 is 10.5 Å². The topological polar surface area (TPSA) is 81.3 Å². The smallest absolute Gasteiger partial charge is 0.408 e. The van der Waals surface area contributed by atoms with Crippen LogP contribution in [0, 0.1) is 6.92 Å². The Labute approximate surface area is 137 Å². The van der Waals surface area contributed by atoms with Crippen LogP contribution in [-0.4, -0.2) is 13.0 Å². The number of benzene rings is 2. The third kappa shape index (κ3) is 2.85. The number of aromatic nitrogens is 1. The van der Waals surface area contributed by atoms with Gasteiger partial charge in [0.1, 0.15) is 0 Å². The Hall–Kier alpha value is -2.25. The molecule has 0 aliphatic carbocycles. The molecular weight excluding hydrogens is 340 g/mol. The number of oxazole rings is 1. The summed E-state index contributed by atoms with van der Waals surface area (Å²) in [5, 5.41) is 0.467. The van der Waals surface area contributed by atoms with E-state index in [2.05, 4.69) is 4.72 Å². The van der Waals surface area contributed by atoms with Crippen LogP contribution in [0.2, 0.25) is 5.02 Å². The van der Waals surface area contributed by atoms with Crippen LogP contribution in [0.3, 0.4) is 0 Å². The van der Waals surface area contributed by atoms with Gasteiger partial charge in [-0.2, -0.15) is 0 Å². The van der Waals surface area contributed by atoms with Crippen LogP contribution in [0.25, 0.3) is 11.1 Å². The average molecular weight is 353 g/mol. The summed E-state index contributed by atoms with van der Waals surface area (Å²) in [4.78, 5) is 11.5. The van der Waals surface area contributed by atoms with E-state index in [1.807, 2.05) is 6.92 Å². The third-order valence-corrected chi connectivity index (χ3v) is 5.28. The van der Waals surface area contributed by atoms with E-state index in [4.69, 9.17) is 16.0 Å². The molecule has 3 rings (SSSR count). The Kier molecular flexibility index (Phi) is 3.69. The summed E-state index contributed by atoms with van der Waals surface area (Å²) in [6, 6.07) is 9.14. The normalized spacial score (nSPS) is 11.8. The van der Waals surface area contributed by atoms with Gasteiger partial charge in [0.25, 0.3) is 10.0 Å². The minimum absolute atomic E-state index is 0.00366. The molecule has 3 aromatic rings. The first-order valence-electron chi connectivity index (χ1n) is 6.66. The molecule has 8 heteroatoms. The minimum atomic E-state index is -3.82. The van der Waals surface area contributed by atoms with Crippen LogP contribution in [0.5, 0.6) is 0 Å². The third-order valence-electron chi connectivity index (χ3n) is 3.50. The molecule has 0 radical (unpaired) electrons. The summed E-state index contributed by atoms with van der Waals surface area (Å²) >= 11 is 6.00. The van der Waals surface area contributed by atoms with E-state index in [0.29, 0.717) is 16.2 Å². The molecule has 120 valence electrons. The molecule has 0 spiro atoms. The highest BCUT2D eigenvalue weighted by Crippen LogP contribution is 2.24. The molecule has 0 atom stereocenters. The van der Waals surface area contributed by atoms with Gasteiger partial charge in [-0.25, -0.2) is 13.2 Å². The van der Waals surface area contributed by atoms with E-state index in [1.54, 1.807) is 19.2 Å². The Morgan fingerprint density at radius 3 is 2.61 bits per heavy atom. The van der Waals surface area contributed by atoms with Gasteiger partial charge in [-0.05, 0) is 36.8 Å². The zero-order valence-corrected chi connectivity index (χ0v) is 13.9. The van der Waals surface area contributed by atoms with E-state index in [0.717, 1.165) is 5.56 Å². The first-order valence-corrected chi connectivity index (χ1v) is 8.52. The number of nitrogens with zero attached hydrogens (tertiary/aromatic N) is 1. The second-order valence-corrected chi connectivity index (χ2v) is 7.22. The molecule has 0 saturated carbocycles. The maximum absolute atomic E-state index is 12.5. The molecule has 6 nitrogen and oxygen atoms in total.